The summed E-state index contributed by atoms with van der Waals surface area (Å²) in [7, 11) is -2.04. The molecule has 1 aliphatic heterocycles. The molecule has 2 rings (SSSR count). The second-order valence-corrected chi connectivity index (χ2v) is 8.84. The monoisotopic (exact) mass is 412 g/mol. The molecule has 1 aromatic rings. The molecule has 0 aliphatic carbocycles. The van der Waals surface area contributed by atoms with Crippen LogP contribution >= 0.6 is 0 Å². The Balaban J connectivity index is 2.03. The van der Waals surface area contributed by atoms with Gasteiger partial charge in [0, 0.05) is 26.1 Å². The molecule has 1 aliphatic rings. The third-order valence-corrected chi connectivity index (χ3v) is 6.99. The highest BCUT2D eigenvalue weighted by molar-refractivity contribution is 7.89. The number of esters is 1. The Kier molecular flexibility index (Phi) is 7.56. The normalized spacial score (nSPS) is 17.1. The van der Waals surface area contributed by atoms with Crippen molar-refractivity contribution in [3.63, 3.8) is 0 Å². The average molecular weight is 413 g/mol. The van der Waals surface area contributed by atoms with Crippen LogP contribution in [0.3, 0.4) is 0 Å². The van der Waals surface area contributed by atoms with E-state index in [-0.39, 0.29) is 49.1 Å². The van der Waals surface area contributed by atoms with E-state index >= 15 is 0 Å². The molecule has 1 atom stereocenters. The summed E-state index contributed by atoms with van der Waals surface area (Å²) in [5.41, 5.74) is 0.297. The Morgan fingerprint density at radius 3 is 2.32 bits per heavy atom. The van der Waals surface area contributed by atoms with E-state index in [4.69, 9.17) is 4.74 Å². The van der Waals surface area contributed by atoms with E-state index in [1.54, 1.807) is 20.9 Å². The van der Waals surface area contributed by atoms with Gasteiger partial charge in [-0.15, -0.1) is 0 Å². The molecule has 0 radical (unpaired) electrons. The van der Waals surface area contributed by atoms with Crippen molar-refractivity contribution in [3.05, 3.63) is 29.8 Å². The van der Waals surface area contributed by atoms with Crippen LogP contribution in [-0.2, 0) is 19.6 Å². The third kappa shape index (κ3) is 4.89. The molecular weight excluding hydrogens is 384 g/mol. The molecule has 8 nitrogen and oxygen atoms in total. The first-order chi connectivity index (χ1) is 13.2. The van der Waals surface area contributed by atoms with Gasteiger partial charge in [0.05, 0.1) is 29.7 Å². The second-order valence-electron chi connectivity index (χ2n) is 6.90. The van der Waals surface area contributed by atoms with Crippen molar-refractivity contribution < 1.29 is 27.9 Å². The maximum Gasteiger partial charge on any atom is 0.338 e. The van der Waals surface area contributed by atoms with Crippen molar-refractivity contribution in [2.75, 3.05) is 33.4 Å². The first-order valence-electron chi connectivity index (χ1n) is 9.37. The van der Waals surface area contributed by atoms with E-state index < -0.39 is 16.0 Å². The number of aliphatic hydroxyl groups is 1. The highest BCUT2D eigenvalue weighted by atomic mass is 32.2. The van der Waals surface area contributed by atoms with Crippen LogP contribution in [0.1, 0.15) is 37.0 Å². The number of hydrogen-bond donors (Lipinski definition) is 1. The zero-order chi connectivity index (χ0) is 20.9. The van der Waals surface area contributed by atoms with Gasteiger partial charge in [-0.2, -0.15) is 4.31 Å². The summed E-state index contributed by atoms with van der Waals surface area (Å²) >= 11 is 0. The van der Waals surface area contributed by atoms with E-state index in [9.17, 15) is 23.1 Å². The van der Waals surface area contributed by atoms with Crippen molar-refractivity contribution in [2.45, 2.75) is 37.6 Å². The van der Waals surface area contributed by atoms with E-state index in [1.807, 2.05) is 0 Å². The largest absolute Gasteiger partial charge is 0.462 e. The van der Waals surface area contributed by atoms with Crippen molar-refractivity contribution in [2.24, 2.45) is 5.92 Å². The molecule has 0 saturated carbocycles. The summed E-state index contributed by atoms with van der Waals surface area (Å²) in [5.74, 6) is -0.818. The van der Waals surface area contributed by atoms with Crippen LogP contribution < -0.4 is 0 Å². The van der Waals surface area contributed by atoms with Gasteiger partial charge in [-0.25, -0.2) is 13.2 Å². The number of carbonyl (C=O) groups excluding carboxylic acids is 2. The molecule has 0 aromatic heterocycles. The summed E-state index contributed by atoms with van der Waals surface area (Å²) in [6.07, 6.45) is 0.864. The number of sulfonamides is 1. The number of aliphatic hydroxyl groups excluding tert-OH is 1. The van der Waals surface area contributed by atoms with Crippen LogP contribution in [0.25, 0.3) is 0 Å². The van der Waals surface area contributed by atoms with Crippen LogP contribution in [0.15, 0.2) is 29.2 Å². The fraction of sp³-hybridized carbons (Fsp3) is 0.579. The van der Waals surface area contributed by atoms with Gasteiger partial charge in [-0.3, -0.25) is 4.79 Å². The number of amides is 1. The lowest BCUT2D eigenvalue weighted by Gasteiger charge is -2.34. The number of nitrogens with zero attached hydrogens (tertiary/aromatic N) is 2. The molecule has 1 heterocycles. The van der Waals surface area contributed by atoms with E-state index in [2.05, 4.69) is 0 Å². The van der Waals surface area contributed by atoms with Gasteiger partial charge in [0.1, 0.15) is 0 Å². The Morgan fingerprint density at radius 1 is 1.25 bits per heavy atom. The summed E-state index contributed by atoms with van der Waals surface area (Å²) in [5, 5.41) is 9.20. The Morgan fingerprint density at radius 2 is 1.82 bits per heavy atom. The van der Waals surface area contributed by atoms with E-state index in [0.717, 1.165) is 0 Å². The smallest absolute Gasteiger partial charge is 0.338 e. The molecule has 1 fully saturated rings. The maximum absolute atomic E-state index is 12.8. The van der Waals surface area contributed by atoms with Gasteiger partial charge < -0.3 is 14.7 Å². The molecule has 0 spiro atoms. The van der Waals surface area contributed by atoms with Crippen molar-refractivity contribution >= 4 is 21.9 Å². The zero-order valence-corrected chi connectivity index (χ0v) is 17.3. The van der Waals surface area contributed by atoms with Gasteiger partial charge in [-0.1, -0.05) is 0 Å². The van der Waals surface area contributed by atoms with Gasteiger partial charge in [0.2, 0.25) is 15.9 Å². The van der Waals surface area contributed by atoms with Gasteiger partial charge in [0.25, 0.3) is 0 Å². The molecule has 28 heavy (non-hydrogen) atoms. The standard InChI is InChI=1S/C19H28N2O6S/c1-4-27-19(24)16-5-7-17(8-6-16)28(25,26)21-11-9-15(10-12-21)18(23)20(3)14(2)13-22/h5-8,14-15,22H,4,9-13H2,1-3H3/t14-/m1/s1. The van der Waals surface area contributed by atoms with Gasteiger partial charge >= 0.3 is 5.97 Å². The molecule has 1 aromatic carbocycles. The molecule has 0 bridgehead atoms. The first kappa shape index (κ1) is 22.3. The number of rotatable bonds is 7. The summed E-state index contributed by atoms with van der Waals surface area (Å²) in [6, 6.07) is 5.40. The average Bonchev–Trinajstić information content (AvgIpc) is 2.72. The minimum Gasteiger partial charge on any atom is -0.462 e. The third-order valence-electron chi connectivity index (χ3n) is 5.08. The van der Waals surface area contributed by atoms with Crippen molar-refractivity contribution in [3.8, 4) is 0 Å². The number of carbonyl (C=O) groups is 2. The van der Waals surface area contributed by atoms with Crippen LogP contribution in [0.5, 0.6) is 0 Å². The fourth-order valence-corrected chi connectivity index (χ4v) is 4.57. The maximum atomic E-state index is 12.8. The highest BCUT2D eigenvalue weighted by Crippen LogP contribution is 2.25. The lowest BCUT2D eigenvalue weighted by atomic mass is 9.96. The lowest BCUT2D eigenvalue weighted by molar-refractivity contribution is -0.138. The number of likely N-dealkylation sites (N-methyl/N-ethyl adjacent to an activating group) is 1. The number of hydrogen-bond acceptors (Lipinski definition) is 6. The molecular formula is C19H28N2O6S. The fourth-order valence-electron chi connectivity index (χ4n) is 3.10. The number of ether oxygens (including phenoxy) is 1. The molecule has 1 saturated heterocycles. The second kappa shape index (κ2) is 9.49. The molecule has 0 unspecified atom stereocenters. The number of piperidine rings is 1. The highest BCUT2D eigenvalue weighted by Gasteiger charge is 2.34. The first-order valence-corrected chi connectivity index (χ1v) is 10.8. The predicted octanol–water partition coefficient (Wildman–Crippen LogP) is 1.10. The summed E-state index contributed by atoms with van der Waals surface area (Å²) in [6.45, 7) is 4.10. The van der Waals surface area contributed by atoms with E-state index in [1.165, 1.54) is 33.5 Å². The Hall–Kier alpha value is -1.97. The molecule has 1 amide bonds. The Labute approximate surface area is 166 Å². The molecule has 1 N–H and O–H groups in total. The SMILES string of the molecule is CCOC(=O)c1ccc(S(=O)(=O)N2CCC(C(=O)N(C)[C@H](C)CO)CC2)cc1. The van der Waals surface area contributed by atoms with Gasteiger partial charge in [-0.05, 0) is 51.0 Å². The van der Waals surface area contributed by atoms with Crippen molar-refractivity contribution in [1.29, 1.82) is 0 Å². The molecule has 9 heteroatoms. The van der Waals surface area contributed by atoms with Crippen molar-refractivity contribution in [1.82, 2.24) is 9.21 Å². The van der Waals surface area contributed by atoms with Crippen LogP contribution in [0, 0.1) is 5.92 Å². The van der Waals surface area contributed by atoms with Crippen LogP contribution in [0.4, 0.5) is 0 Å². The quantitative estimate of drug-likeness (QED) is 0.673. The lowest BCUT2D eigenvalue weighted by Crippen LogP contribution is -2.46. The van der Waals surface area contributed by atoms with Crippen LogP contribution in [-0.4, -0.2) is 74.0 Å². The van der Waals surface area contributed by atoms with Crippen LogP contribution in [0.2, 0.25) is 0 Å². The minimum atomic E-state index is -3.69. The topological polar surface area (TPSA) is 104 Å². The molecule has 156 valence electrons. The summed E-state index contributed by atoms with van der Waals surface area (Å²) in [4.78, 5) is 25.8. The minimum absolute atomic E-state index is 0.0719. The van der Waals surface area contributed by atoms with E-state index in [0.29, 0.717) is 18.4 Å². The zero-order valence-electron chi connectivity index (χ0n) is 16.5. The number of benzene rings is 1. The predicted molar refractivity (Wildman–Crippen MR) is 103 cm³/mol. The summed E-state index contributed by atoms with van der Waals surface area (Å²) < 4.78 is 31.9. The van der Waals surface area contributed by atoms with Gasteiger partial charge in [0.15, 0.2) is 0 Å². The Bertz CT molecular complexity index is 785.